The standard InChI is InChI=1S/C48H38N2/c1-47(2)37-27-15-17-29-39(37)49(31-19-7-5-8-20-31)45-35-25-13-12-24-34(35)42-41(43(45)47)33-23-11-14-26-36(33)46-44(42)48(3,4)38-28-16-18-30-40(38)50(46)32-21-9-6-10-22-32/h5-30H,1-4H3. The number of para-hydroxylation sites is 4. The molecular weight excluding hydrogens is 605 g/mol. The third-order valence-corrected chi connectivity index (χ3v) is 11.5. The van der Waals surface area contributed by atoms with Gasteiger partial charge in [0, 0.05) is 33.0 Å². The molecule has 0 aromatic heterocycles. The molecule has 8 aromatic carbocycles. The van der Waals surface area contributed by atoms with Crippen molar-refractivity contribution in [3.8, 4) is 0 Å². The largest absolute Gasteiger partial charge is 0.309 e. The zero-order chi connectivity index (χ0) is 33.8. The second-order valence-corrected chi connectivity index (χ2v) is 14.9. The second-order valence-electron chi connectivity index (χ2n) is 14.9. The molecule has 240 valence electrons. The van der Waals surface area contributed by atoms with E-state index in [1.54, 1.807) is 0 Å². The Morgan fingerprint density at radius 1 is 0.340 bits per heavy atom. The lowest BCUT2D eigenvalue weighted by Gasteiger charge is -2.46. The van der Waals surface area contributed by atoms with E-state index in [1.165, 1.54) is 88.7 Å². The fraction of sp³-hybridized carbons (Fsp3) is 0.125. The number of rotatable bonds is 2. The molecule has 0 fully saturated rings. The Bertz CT molecular complexity index is 2470. The minimum atomic E-state index is -0.285. The highest BCUT2D eigenvalue weighted by Gasteiger charge is 2.44. The maximum Gasteiger partial charge on any atom is 0.0587 e. The van der Waals surface area contributed by atoms with Gasteiger partial charge in [0.25, 0.3) is 0 Å². The summed E-state index contributed by atoms with van der Waals surface area (Å²) in [5.74, 6) is 0. The number of hydrogen-bond donors (Lipinski definition) is 0. The van der Waals surface area contributed by atoms with Crippen LogP contribution < -0.4 is 9.80 Å². The molecule has 10 rings (SSSR count). The minimum absolute atomic E-state index is 0.285. The van der Waals surface area contributed by atoms with E-state index in [1.807, 2.05) is 0 Å². The highest BCUT2D eigenvalue weighted by atomic mass is 15.2. The number of benzene rings is 8. The van der Waals surface area contributed by atoms with Gasteiger partial charge in [-0.05, 0) is 80.2 Å². The molecule has 0 bridgehead atoms. The van der Waals surface area contributed by atoms with Gasteiger partial charge in [0.1, 0.15) is 0 Å². The Morgan fingerprint density at radius 3 is 1.06 bits per heavy atom. The lowest BCUT2D eigenvalue weighted by molar-refractivity contribution is 0.634. The summed E-state index contributed by atoms with van der Waals surface area (Å²) < 4.78 is 0. The van der Waals surface area contributed by atoms with Crippen LogP contribution in [0.4, 0.5) is 34.1 Å². The third kappa shape index (κ3) is 3.74. The van der Waals surface area contributed by atoms with Gasteiger partial charge >= 0.3 is 0 Å². The van der Waals surface area contributed by atoms with Crippen molar-refractivity contribution in [2.24, 2.45) is 0 Å². The predicted molar refractivity (Wildman–Crippen MR) is 213 cm³/mol. The van der Waals surface area contributed by atoms with Crippen molar-refractivity contribution in [1.82, 2.24) is 0 Å². The molecule has 2 aliphatic heterocycles. The van der Waals surface area contributed by atoms with Gasteiger partial charge in [-0.2, -0.15) is 0 Å². The Balaban J connectivity index is 1.49. The van der Waals surface area contributed by atoms with Crippen LogP contribution >= 0.6 is 0 Å². The van der Waals surface area contributed by atoms with Crippen LogP contribution in [0.25, 0.3) is 32.3 Å². The number of fused-ring (bicyclic) bond motifs is 13. The minimum Gasteiger partial charge on any atom is -0.309 e. The summed E-state index contributed by atoms with van der Waals surface area (Å²) in [7, 11) is 0. The fourth-order valence-electron chi connectivity index (χ4n) is 9.39. The van der Waals surface area contributed by atoms with Gasteiger partial charge < -0.3 is 9.80 Å². The molecule has 2 heteroatoms. The molecule has 0 N–H and O–H groups in total. The third-order valence-electron chi connectivity index (χ3n) is 11.5. The van der Waals surface area contributed by atoms with Crippen molar-refractivity contribution in [1.29, 1.82) is 0 Å². The Kier molecular flexibility index (Phi) is 6.01. The molecule has 8 aromatic rings. The first-order valence-corrected chi connectivity index (χ1v) is 17.7. The van der Waals surface area contributed by atoms with Crippen molar-refractivity contribution < 1.29 is 0 Å². The van der Waals surface area contributed by atoms with E-state index >= 15 is 0 Å². The molecule has 0 radical (unpaired) electrons. The highest BCUT2D eigenvalue weighted by Crippen LogP contribution is 2.62. The summed E-state index contributed by atoms with van der Waals surface area (Å²) in [6.07, 6.45) is 0. The summed E-state index contributed by atoms with van der Waals surface area (Å²) >= 11 is 0. The summed E-state index contributed by atoms with van der Waals surface area (Å²) in [6.45, 7) is 9.75. The van der Waals surface area contributed by atoms with Crippen LogP contribution in [-0.4, -0.2) is 0 Å². The van der Waals surface area contributed by atoms with Gasteiger partial charge in [-0.25, -0.2) is 0 Å². The number of hydrogen-bond acceptors (Lipinski definition) is 2. The van der Waals surface area contributed by atoms with Crippen molar-refractivity contribution in [3.05, 3.63) is 180 Å². The summed E-state index contributed by atoms with van der Waals surface area (Å²) in [5.41, 5.74) is 12.3. The molecule has 0 aliphatic carbocycles. The molecule has 0 saturated carbocycles. The van der Waals surface area contributed by atoms with E-state index in [0.29, 0.717) is 0 Å². The lowest BCUT2D eigenvalue weighted by atomic mass is 9.66. The first-order chi connectivity index (χ1) is 24.4. The van der Waals surface area contributed by atoms with Gasteiger partial charge in [-0.1, -0.05) is 149 Å². The topological polar surface area (TPSA) is 6.48 Å². The quantitative estimate of drug-likeness (QED) is 0.173. The van der Waals surface area contributed by atoms with E-state index in [2.05, 4.69) is 195 Å². The summed E-state index contributed by atoms with van der Waals surface area (Å²) in [6, 6.07) is 58.2. The van der Waals surface area contributed by atoms with Crippen molar-refractivity contribution in [3.63, 3.8) is 0 Å². The monoisotopic (exact) mass is 642 g/mol. The smallest absolute Gasteiger partial charge is 0.0587 e. The molecule has 0 amide bonds. The molecule has 2 heterocycles. The molecule has 0 atom stereocenters. The van der Waals surface area contributed by atoms with Gasteiger partial charge in [-0.15, -0.1) is 0 Å². The van der Waals surface area contributed by atoms with E-state index < -0.39 is 0 Å². The van der Waals surface area contributed by atoms with E-state index in [4.69, 9.17) is 0 Å². The zero-order valence-electron chi connectivity index (χ0n) is 28.9. The molecule has 0 unspecified atom stereocenters. The van der Waals surface area contributed by atoms with E-state index in [0.717, 1.165) is 0 Å². The lowest BCUT2D eigenvalue weighted by Crippen LogP contribution is -2.33. The highest BCUT2D eigenvalue weighted by molar-refractivity contribution is 6.29. The van der Waals surface area contributed by atoms with E-state index in [-0.39, 0.29) is 10.8 Å². The van der Waals surface area contributed by atoms with Crippen LogP contribution in [0.15, 0.2) is 158 Å². The molecule has 50 heavy (non-hydrogen) atoms. The van der Waals surface area contributed by atoms with Crippen LogP contribution in [-0.2, 0) is 10.8 Å². The summed E-state index contributed by atoms with van der Waals surface area (Å²) in [5, 5.41) is 7.85. The molecule has 2 nitrogen and oxygen atoms in total. The fourth-order valence-corrected chi connectivity index (χ4v) is 9.39. The average Bonchev–Trinajstić information content (AvgIpc) is 3.15. The Hall–Kier alpha value is -5.86. The van der Waals surface area contributed by atoms with Gasteiger partial charge in [0.05, 0.1) is 22.7 Å². The maximum atomic E-state index is 2.53. The maximum absolute atomic E-state index is 2.53. The van der Waals surface area contributed by atoms with Crippen molar-refractivity contribution in [2.75, 3.05) is 9.80 Å². The van der Waals surface area contributed by atoms with Crippen LogP contribution in [0, 0.1) is 0 Å². The van der Waals surface area contributed by atoms with Crippen molar-refractivity contribution >= 4 is 66.4 Å². The van der Waals surface area contributed by atoms with E-state index in [9.17, 15) is 0 Å². The predicted octanol–water partition coefficient (Wildman–Crippen LogP) is 13.4. The number of nitrogens with zero attached hydrogens (tertiary/aromatic N) is 2. The van der Waals surface area contributed by atoms with Crippen LogP contribution in [0.3, 0.4) is 0 Å². The Morgan fingerprint density at radius 2 is 0.660 bits per heavy atom. The van der Waals surface area contributed by atoms with Crippen molar-refractivity contribution in [2.45, 2.75) is 38.5 Å². The first-order valence-electron chi connectivity index (χ1n) is 17.7. The van der Waals surface area contributed by atoms with Crippen LogP contribution in [0.1, 0.15) is 49.9 Å². The van der Waals surface area contributed by atoms with Gasteiger partial charge in [0.2, 0.25) is 0 Å². The molecular formula is C48H38N2. The normalized spacial score (nSPS) is 15.4. The van der Waals surface area contributed by atoms with Gasteiger partial charge in [0.15, 0.2) is 0 Å². The zero-order valence-corrected chi connectivity index (χ0v) is 28.9. The second kappa shape index (κ2) is 10.3. The van der Waals surface area contributed by atoms with Gasteiger partial charge in [-0.3, -0.25) is 0 Å². The molecule has 0 saturated heterocycles. The average molecular weight is 643 g/mol. The van der Waals surface area contributed by atoms with Crippen LogP contribution in [0.5, 0.6) is 0 Å². The summed E-state index contributed by atoms with van der Waals surface area (Å²) in [4.78, 5) is 5.06. The Labute approximate surface area is 293 Å². The number of anilines is 6. The molecule has 2 aliphatic rings. The SMILES string of the molecule is CC1(C)c2ccccc2N(c2ccccc2)c2c1c1c3ccccc3c3c(c1c1ccccc21)C(C)(C)c1ccccc1N3c1ccccc1. The first kappa shape index (κ1) is 29.1. The van der Waals surface area contributed by atoms with Crippen LogP contribution in [0.2, 0.25) is 0 Å². The molecule has 0 spiro atoms.